The Morgan fingerprint density at radius 2 is 1.88 bits per heavy atom. The van der Waals surface area contributed by atoms with Gasteiger partial charge in [-0.05, 0) is 35.9 Å². The molecule has 0 saturated heterocycles. The van der Waals surface area contributed by atoms with Crippen molar-refractivity contribution < 1.29 is 9.59 Å². The van der Waals surface area contributed by atoms with Gasteiger partial charge in [0.2, 0.25) is 5.91 Å². The molecule has 2 amide bonds. The molecule has 0 spiro atoms. The fourth-order valence-corrected chi connectivity index (χ4v) is 2.27. The van der Waals surface area contributed by atoms with E-state index in [1.54, 1.807) is 53.6 Å². The molecule has 1 aromatic carbocycles. The molecule has 0 aliphatic heterocycles. The van der Waals surface area contributed by atoms with Crippen LogP contribution in [0.4, 0.5) is 5.69 Å². The molecule has 0 fully saturated rings. The molecular weight excluding hydrogens is 318 g/mol. The molecule has 2 aromatic heterocycles. The third-order valence-electron chi connectivity index (χ3n) is 3.51. The highest BCUT2D eigenvalue weighted by molar-refractivity contribution is 6.05. The van der Waals surface area contributed by atoms with Crippen molar-refractivity contribution in [3.63, 3.8) is 0 Å². The number of nitrogens with one attached hydrogen (secondary N) is 2. The van der Waals surface area contributed by atoms with E-state index in [9.17, 15) is 9.59 Å². The predicted molar refractivity (Wildman–Crippen MR) is 93.3 cm³/mol. The zero-order chi connectivity index (χ0) is 17.6. The highest BCUT2D eigenvalue weighted by Crippen LogP contribution is 2.17. The summed E-state index contributed by atoms with van der Waals surface area (Å²) in [6.07, 6.45) is 5.05. The standard InChI is InChI=1S/C18H17N5O2/c1-13(24)20-12-14-5-7-15(8-6-14)18(25)22-16-4-2-9-19-17(16)23-11-3-10-21-23/h2-11H,12H2,1H3,(H,20,24)(H,22,25). The molecule has 3 aromatic rings. The Labute approximate surface area is 144 Å². The molecule has 0 aliphatic rings. The first-order valence-electron chi connectivity index (χ1n) is 7.73. The summed E-state index contributed by atoms with van der Waals surface area (Å²) in [5, 5.41) is 9.71. The topological polar surface area (TPSA) is 88.9 Å². The van der Waals surface area contributed by atoms with Gasteiger partial charge in [-0.15, -0.1) is 0 Å². The van der Waals surface area contributed by atoms with Gasteiger partial charge in [-0.3, -0.25) is 9.59 Å². The summed E-state index contributed by atoms with van der Waals surface area (Å²) in [7, 11) is 0. The number of nitrogens with zero attached hydrogens (tertiary/aromatic N) is 3. The smallest absolute Gasteiger partial charge is 0.255 e. The lowest BCUT2D eigenvalue weighted by Crippen LogP contribution is -2.19. The molecule has 0 aliphatic carbocycles. The summed E-state index contributed by atoms with van der Waals surface area (Å²) in [6, 6.07) is 12.4. The number of anilines is 1. The summed E-state index contributed by atoms with van der Waals surface area (Å²) >= 11 is 0. The van der Waals surface area contributed by atoms with Gasteiger partial charge >= 0.3 is 0 Å². The van der Waals surface area contributed by atoms with Crippen LogP contribution in [-0.2, 0) is 11.3 Å². The van der Waals surface area contributed by atoms with Gasteiger partial charge in [0.05, 0.1) is 5.69 Å². The number of hydrogen-bond donors (Lipinski definition) is 2. The van der Waals surface area contributed by atoms with Crippen LogP contribution in [0, 0.1) is 0 Å². The summed E-state index contributed by atoms with van der Waals surface area (Å²) in [4.78, 5) is 27.7. The molecule has 0 atom stereocenters. The Bertz CT molecular complexity index is 873. The van der Waals surface area contributed by atoms with Gasteiger partial charge in [0, 0.05) is 37.6 Å². The van der Waals surface area contributed by atoms with Gasteiger partial charge < -0.3 is 10.6 Å². The first kappa shape index (κ1) is 16.4. The van der Waals surface area contributed by atoms with E-state index in [1.807, 2.05) is 12.1 Å². The first-order valence-corrected chi connectivity index (χ1v) is 7.73. The van der Waals surface area contributed by atoms with E-state index in [1.165, 1.54) is 6.92 Å². The van der Waals surface area contributed by atoms with Crippen LogP contribution in [-0.4, -0.2) is 26.6 Å². The van der Waals surface area contributed by atoms with Crippen molar-refractivity contribution in [2.24, 2.45) is 0 Å². The second kappa shape index (κ2) is 7.39. The molecule has 3 rings (SSSR count). The number of benzene rings is 1. The van der Waals surface area contributed by atoms with Gasteiger partial charge in [0.1, 0.15) is 0 Å². The van der Waals surface area contributed by atoms with Gasteiger partial charge in [-0.25, -0.2) is 9.67 Å². The van der Waals surface area contributed by atoms with Crippen LogP contribution in [0.15, 0.2) is 61.1 Å². The maximum Gasteiger partial charge on any atom is 0.255 e. The van der Waals surface area contributed by atoms with Crippen molar-refractivity contribution in [3.05, 3.63) is 72.2 Å². The van der Waals surface area contributed by atoms with Crippen molar-refractivity contribution in [1.82, 2.24) is 20.1 Å². The van der Waals surface area contributed by atoms with Crippen LogP contribution in [0.25, 0.3) is 5.82 Å². The molecule has 0 bridgehead atoms. The van der Waals surface area contributed by atoms with E-state index in [0.717, 1.165) is 5.56 Å². The lowest BCUT2D eigenvalue weighted by atomic mass is 10.1. The normalized spacial score (nSPS) is 10.3. The number of aromatic nitrogens is 3. The van der Waals surface area contributed by atoms with Crippen LogP contribution in [0.1, 0.15) is 22.8 Å². The third-order valence-corrected chi connectivity index (χ3v) is 3.51. The van der Waals surface area contributed by atoms with E-state index in [2.05, 4.69) is 20.7 Å². The second-order valence-corrected chi connectivity index (χ2v) is 5.39. The predicted octanol–water partition coefficient (Wildman–Crippen LogP) is 2.16. The maximum atomic E-state index is 12.5. The molecule has 0 unspecified atom stereocenters. The van der Waals surface area contributed by atoms with E-state index in [-0.39, 0.29) is 11.8 Å². The zero-order valence-electron chi connectivity index (χ0n) is 13.6. The Kier molecular flexibility index (Phi) is 4.84. The van der Waals surface area contributed by atoms with Gasteiger partial charge in [-0.2, -0.15) is 5.10 Å². The number of rotatable bonds is 5. The molecule has 0 saturated carbocycles. The highest BCUT2D eigenvalue weighted by atomic mass is 16.2. The van der Waals surface area contributed by atoms with E-state index < -0.39 is 0 Å². The maximum absolute atomic E-state index is 12.5. The quantitative estimate of drug-likeness (QED) is 0.748. The number of carbonyl (C=O) groups is 2. The molecule has 7 heteroatoms. The number of pyridine rings is 1. The van der Waals surface area contributed by atoms with Crippen molar-refractivity contribution >= 4 is 17.5 Å². The number of carbonyl (C=O) groups excluding carboxylic acids is 2. The van der Waals surface area contributed by atoms with Crippen LogP contribution >= 0.6 is 0 Å². The number of hydrogen-bond acceptors (Lipinski definition) is 4. The summed E-state index contributed by atoms with van der Waals surface area (Å²) in [6.45, 7) is 1.90. The van der Waals surface area contributed by atoms with Gasteiger partial charge in [0.15, 0.2) is 5.82 Å². The summed E-state index contributed by atoms with van der Waals surface area (Å²) in [5.41, 5.74) is 2.01. The summed E-state index contributed by atoms with van der Waals surface area (Å²) < 4.78 is 1.59. The Morgan fingerprint density at radius 1 is 1.08 bits per heavy atom. The van der Waals surface area contributed by atoms with E-state index in [4.69, 9.17) is 0 Å². The Hall–Kier alpha value is -3.48. The fourth-order valence-electron chi connectivity index (χ4n) is 2.27. The van der Waals surface area contributed by atoms with Crippen LogP contribution < -0.4 is 10.6 Å². The molecular formula is C18H17N5O2. The minimum atomic E-state index is -0.243. The average Bonchev–Trinajstić information content (AvgIpc) is 3.15. The van der Waals surface area contributed by atoms with Crippen LogP contribution in [0.3, 0.4) is 0 Å². The SMILES string of the molecule is CC(=O)NCc1ccc(C(=O)Nc2cccnc2-n2cccn2)cc1. The molecule has 7 nitrogen and oxygen atoms in total. The summed E-state index contributed by atoms with van der Waals surface area (Å²) in [5.74, 6) is 0.208. The zero-order valence-corrected chi connectivity index (χ0v) is 13.6. The monoisotopic (exact) mass is 335 g/mol. The Balaban J connectivity index is 1.74. The van der Waals surface area contributed by atoms with Crippen LogP contribution in [0.2, 0.25) is 0 Å². The van der Waals surface area contributed by atoms with Crippen molar-refractivity contribution in [2.45, 2.75) is 13.5 Å². The largest absolute Gasteiger partial charge is 0.352 e. The van der Waals surface area contributed by atoms with Gasteiger partial charge in [-0.1, -0.05) is 12.1 Å². The average molecular weight is 335 g/mol. The van der Waals surface area contributed by atoms with E-state index >= 15 is 0 Å². The lowest BCUT2D eigenvalue weighted by Gasteiger charge is -2.10. The third kappa shape index (κ3) is 4.08. The molecule has 2 N–H and O–H groups in total. The van der Waals surface area contributed by atoms with Crippen molar-refractivity contribution in [1.29, 1.82) is 0 Å². The Morgan fingerprint density at radius 3 is 2.56 bits per heavy atom. The highest BCUT2D eigenvalue weighted by Gasteiger charge is 2.11. The fraction of sp³-hybridized carbons (Fsp3) is 0.111. The van der Waals surface area contributed by atoms with Gasteiger partial charge in [0.25, 0.3) is 5.91 Å². The molecule has 126 valence electrons. The molecule has 2 heterocycles. The van der Waals surface area contributed by atoms with Crippen molar-refractivity contribution in [3.8, 4) is 5.82 Å². The second-order valence-electron chi connectivity index (χ2n) is 5.39. The minimum absolute atomic E-state index is 0.0930. The first-order chi connectivity index (χ1) is 12.1. The lowest BCUT2D eigenvalue weighted by molar-refractivity contribution is -0.119. The number of amides is 2. The van der Waals surface area contributed by atoms with E-state index in [0.29, 0.717) is 23.6 Å². The molecule has 0 radical (unpaired) electrons. The minimum Gasteiger partial charge on any atom is -0.352 e. The van der Waals surface area contributed by atoms with Crippen LogP contribution in [0.5, 0.6) is 0 Å². The van der Waals surface area contributed by atoms with Crippen molar-refractivity contribution in [2.75, 3.05) is 5.32 Å². The molecule has 25 heavy (non-hydrogen) atoms.